The standard InChI is InChI=1S/C6H7BF3N2O.K/c1-13-6-5(11)2-4(3-12-6)7(8,9)10;/h2-3H,11H2,1H3;/q-1;+1. The topological polar surface area (TPSA) is 48.1 Å². The predicted octanol–water partition coefficient (Wildman–Crippen LogP) is -2.27. The van der Waals surface area contributed by atoms with E-state index in [1.807, 2.05) is 0 Å². The summed E-state index contributed by atoms with van der Waals surface area (Å²) in [7, 11) is 1.29. The third-order valence-electron chi connectivity index (χ3n) is 1.47. The van der Waals surface area contributed by atoms with Gasteiger partial charge in [0.1, 0.15) is 0 Å². The smallest absolute Gasteiger partial charge is 0.480 e. The molecule has 0 atom stereocenters. The SMILES string of the molecule is COc1ncc([B-](F)(F)F)cc1N.[K+]. The van der Waals surface area contributed by atoms with Gasteiger partial charge in [-0.3, -0.25) is 0 Å². The molecule has 0 amide bonds. The minimum Gasteiger partial charge on any atom is -0.480 e. The van der Waals surface area contributed by atoms with E-state index in [4.69, 9.17) is 5.73 Å². The van der Waals surface area contributed by atoms with Gasteiger partial charge in [-0.25, -0.2) is 4.98 Å². The van der Waals surface area contributed by atoms with E-state index >= 15 is 0 Å². The Labute approximate surface area is 122 Å². The number of aromatic nitrogens is 1. The van der Waals surface area contributed by atoms with E-state index in [0.717, 1.165) is 6.07 Å². The minimum atomic E-state index is -5.04. The first-order valence-electron chi connectivity index (χ1n) is 3.44. The van der Waals surface area contributed by atoms with Gasteiger partial charge in [-0.05, 0) is 0 Å². The molecule has 8 heteroatoms. The van der Waals surface area contributed by atoms with Crippen LogP contribution in [0.4, 0.5) is 18.6 Å². The molecule has 0 saturated carbocycles. The average molecular weight is 230 g/mol. The number of hydrogen-bond donors (Lipinski definition) is 1. The zero-order valence-electron chi connectivity index (χ0n) is 7.80. The molecule has 1 rings (SSSR count). The van der Waals surface area contributed by atoms with Crippen molar-refractivity contribution in [3.05, 3.63) is 12.3 Å². The Balaban J connectivity index is 0.00000169. The molecule has 0 aliphatic heterocycles. The van der Waals surface area contributed by atoms with Crippen molar-refractivity contribution in [1.82, 2.24) is 4.98 Å². The van der Waals surface area contributed by atoms with Crippen molar-refractivity contribution >= 4 is 18.1 Å². The molecule has 14 heavy (non-hydrogen) atoms. The largest absolute Gasteiger partial charge is 1.00 e. The first-order valence-corrected chi connectivity index (χ1v) is 3.44. The van der Waals surface area contributed by atoms with Crippen LogP contribution in [0.15, 0.2) is 12.3 Å². The summed E-state index contributed by atoms with van der Waals surface area (Å²) < 4.78 is 41.0. The van der Waals surface area contributed by atoms with Gasteiger partial charge < -0.3 is 23.4 Å². The number of hydrogen-bond acceptors (Lipinski definition) is 3. The molecule has 0 aliphatic rings. The van der Waals surface area contributed by atoms with Crippen molar-refractivity contribution in [2.45, 2.75) is 0 Å². The molecule has 1 heterocycles. The van der Waals surface area contributed by atoms with Crippen LogP contribution in [0.2, 0.25) is 0 Å². The van der Waals surface area contributed by atoms with Crippen LogP contribution in [0.1, 0.15) is 0 Å². The van der Waals surface area contributed by atoms with E-state index < -0.39 is 12.4 Å². The van der Waals surface area contributed by atoms with E-state index in [0.29, 0.717) is 6.20 Å². The molecule has 0 bridgehead atoms. The van der Waals surface area contributed by atoms with Crippen molar-refractivity contribution in [3.8, 4) is 5.88 Å². The van der Waals surface area contributed by atoms with Crippen LogP contribution in [-0.4, -0.2) is 19.1 Å². The molecule has 72 valence electrons. The van der Waals surface area contributed by atoms with E-state index in [2.05, 4.69) is 9.72 Å². The van der Waals surface area contributed by atoms with Gasteiger partial charge >= 0.3 is 58.4 Å². The number of ether oxygens (including phenoxy) is 1. The molecule has 3 nitrogen and oxygen atoms in total. The first kappa shape index (κ1) is 14.2. The van der Waals surface area contributed by atoms with Crippen molar-refractivity contribution in [2.24, 2.45) is 0 Å². The summed E-state index contributed by atoms with van der Waals surface area (Å²) in [6, 6.07) is 0.811. The summed E-state index contributed by atoms with van der Waals surface area (Å²) in [5.41, 5.74) is 4.32. The van der Waals surface area contributed by atoms with Gasteiger partial charge in [-0.2, -0.15) is 0 Å². The van der Waals surface area contributed by atoms with Gasteiger partial charge in [0.05, 0.1) is 12.8 Å². The zero-order valence-corrected chi connectivity index (χ0v) is 10.9. The number of nitrogen functional groups attached to an aromatic ring is 1. The van der Waals surface area contributed by atoms with E-state index in [1.165, 1.54) is 7.11 Å². The number of anilines is 1. The molecule has 2 N–H and O–H groups in total. The Kier molecular flexibility index (Phi) is 5.45. The van der Waals surface area contributed by atoms with Crippen LogP contribution in [0.3, 0.4) is 0 Å². The van der Waals surface area contributed by atoms with Crippen LogP contribution >= 0.6 is 0 Å². The summed E-state index contributed by atoms with van der Waals surface area (Å²) in [5, 5.41) is 0. The second-order valence-corrected chi connectivity index (χ2v) is 2.44. The quantitative estimate of drug-likeness (QED) is 0.583. The normalized spacial score (nSPS) is 10.6. The third-order valence-corrected chi connectivity index (χ3v) is 1.47. The predicted molar refractivity (Wildman–Crippen MR) is 43.9 cm³/mol. The van der Waals surface area contributed by atoms with Gasteiger partial charge in [0, 0.05) is 6.20 Å². The Hall–Kier alpha value is 0.241. The average Bonchev–Trinajstić information content (AvgIpc) is 2.02. The molecular formula is C6H7BF3KN2O. The number of nitrogens with two attached hydrogens (primary N) is 1. The molecule has 0 radical (unpaired) electrons. The van der Waals surface area contributed by atoms with Crippen LogP contribution < -0.4 is 67.3 Å². The van der Waals surface area contributed by atoms with Crippen LogP contribution in [0.25, 0.3) is 0 Å². The number of methoxy groups -OCH3 is 1. The van der Waals surface area contributed by atoms with Gasteiger partial charge in [0.15, 0.2) is 0 Å². The van der Waals surface area contributed by atoms with Gasteiger partial charge in [-0.15, -0.1) is 0 Å². The molecule has 1 aromatic rings. The number of halogens is 3. The molecular weight excluding hydrogens is 223 g/mol. The fourth-order valence-corrected chi connectivity index (χ4v) is 0.836. The van der Waals surface area contributed by atoms with E-state index in [-0.39, 0.29) is 63.0 Å². The maximum Gasteiger partial charge on any atom is 1.00 e. The Morgan fingerprint density at radius 3 is 2.36 bits per heavy atom. The maximum atomic E-state index is 12.1. The molecule has 1 aromatic heterocycles. The first-order chi connectivity index (χ1) is 5.95. The van der Waals surface area contributed by atoms with Crippen molar-refractivity contribution in [1.29, 1.82) is 0 Å². The Bertz CT molecular complexity index is 320. The molecule has 0 saturated heterocycles. The van der Waals surface area contributed by atoms with Gasteiger partial charge in [0.25, 0.3) is 0 Å². The molecule has 0 aromatic carbocycles. The van der Waals surface area contributed by atoms with Crippen LogP contribution in [-0.2, 0) is 0 Å². The van der Waals surface area contributed by atoms with Crippen LogP contribution in [0.5, 0.6) is 5.88 Å². The molecule has 0 aliphatic carbocycles. The minimum absolute atomic E-state index is 0. The van der Waals surface area contributed by atoms with E-state index in [1.54, 1.807) is 0 Å². The van der Waals surface area contributed by atoms with Crippen molar-refractivity contribution in [3.63, 3.8) is 0 Å². The van der Waals surface area contributed by atoms with Gasteiger partial charge in [0.2, 0.25) is 5.88 Å². The third kappa shape index (κ3) is 3.43. The number of pyridine rings is 1. The summed E-state index contributed by atoms with van der Waals surface area (Å²) >= 11 is 0. The monoisotopic (exact) mass is 230 g/mol. The number of nitrogens with zero attached hydrogens (tertiary/aromatic N) is 1. The van der Waals surface area contributed by atoms with Crippen molar-refractivity contribution < 1.29 is 69.1 Å². The maximum absolute atomic E-state index is 12.1. The Morgan fingerprint density at radius 1 is 1.43 bits per heavy atom. The Morgan fingerprint density at radius 2 is 2.00 bits per heavy atom. The summed E-state index contributed by atoms with van der Waals surface area (Å²) in [5.74, 6) is 0.00352. The fourth-order valence-electron chi connectivity index (χ4n) is 0.836. The molecule has 0 spiro atoms. The molecule has 0 unspecified atom stereocenters. The van der Waals surface area contributed by atoms with Crippen molar-refractivity contribution in [2.75, 3.05) is 12.8 Å². The second-order valence-electron chi connectivity index (χ2n) is 2.44. The molecule has 0 fully saturated rings. The van der Waals surface area contributed by atoms with Crippen LogP contribution in [0, 0.1) is 0 Å². The number of rotatable bonds is 2. The zero-order chi connectivity index (χ0) is 10.1. The fraction of sp³-hybridized carbons (Fsp3) is 0.167. The second kappa shape index (κ2) is 5.36. The summed E-state index contributed by atoms with van der Waals surface area (Å²) in [4.78, 5) is 3.41. The van der Waals surface area contributed by atoms with E-state index in [9.17, 15) is 12.9 Å². The van der Waals surface area contributed by atoms with Gasteiger partial charge in [-0.1, -0.05) is 11.5 Å². The summed E-state index contributed by atoms with van der Waals surface area (Å²) in [6.07, 6.45) is 0.704. The summed E-state index contributed by atoms with van der Waals surface area (Å²) in [6.45, 7) is -5.04.